The van der Waals surface area contributed by atoms with Crippen LogP contribution in [0.25, 0.3) is 0 Å². The Morgan fingerprint density at radius 1 is 1.42 bits per heavy atom. The number of benzene rings is 1. The maximum atomic E-state index is 13.8. The van der Waals surface area contributed by atoms with Crippen LogP contribution in [0.15, 0.2) is 30.5 Å². The first kappa shape index (κ1) is 18.4. The SMILES string of the molecule is CNc1cc(Oc2cccnc2OCC(O)OCC2CN2)c(C)cc1F. The van der Waals surface area contributed by atoms with Gasteiger partial charge in [0.05, 0.1) is 12.3 Å². The van der Waals surface area contributed by atoms with Crippen molar-refractivity contribution in [3.8, 4) is 17.4 Å². The van der Waals surface area contributed by atoms with Crippen molar-refractivity contribution in [3.05, 3.63) is 41.8 Å². The number of aryl methyl sites for hydroxylation is 1. The van der Waals surface area contributed by atoms with Crippen molar-refractivity contribution >= 4 is 5.69 Å². The average molecular weight is 363 g/mol. The van der Waals surface area contributed by atoms with Gasteiger partial charge in [-0.1, -0.05) is 0 Å². The molecule has 0 spiro atoms. The molecule has 1 saturated heterocycles. The van der Waals surface area contributed by atoms with E-state index in [4.69, 9.17) is 14.2 Å². The number of rotatable bonds is 9. The lowest BCUT2D eigenvalue weighted by molar-refractivity contribution is -0.119. The van der Waals surface area contributed by atoms with Crippen LogP contribution >= 0.6 is 0 Å². The Labute approximate surface area is 151 Å². The van der Waals surface area contributed by atoms with Crippen LogP contribution in [0.5, 0.6) is 17.4 Å². The van der Waals surface area contributed by atoms with Crippen molar-refractivity contribution in [3.63, 3.8) is 0 Å². The number of nitrogens with zero attached hydrogens (tertiary/aromatic N) is 1. The van der Waals surface area contributed by atoms with Crippen LogP contribution in [0.2, 0.25) is 0 Å². The molecule has 26 heavy (non-hydrogen) atoms. The number of aromatic nitrogens is 1. The zero-order chi connectivity index (χ0) is 18.5. The van der Waals surface area contributed by atoms with Crippen LogP contribution in [0, 0.1) is 12.7 Å². The van der Waals surface area contributed by atoms with Crippen molar-refractivity contribution in [2.24, 2.45) is 0 Å². The second kappa shape index (κ2) is 8.31. The Hall–Kier alpha value is -2.42. The van der Waals surface area contributed by atoms with E-state index in [0.717, 1.165) is 6.54 Å². The number of hydrogen-bond donors (Lipinski definition) is 3. The van der Waals surface area contributed by atoms with E-state index in [9.17, 15) is 9.50 Å². The summed E-state index contributed by atoms with van der Waals surface area (Å²) in [5.74, 6) is 0.699. The highest BCUT2D eigenvalue weighted by atomic mass is 19.1. The molecule has 3 rings (SSSR count). The fourth-order valence-electron chi connectivity index (χ4n) is 2.26. The predicted molar refractivity (Wildman–Crippen MR) is 94.2 cm³/mol. The first-order valence-electron chi connectivity index (χ1n) is 8.33. The normalized spacial score (nSPS) is 16.8. The van der Waals surface area contributed by atoms with E-state index in [-0.39, 0.29) is 18.3 Å². The second-order valence-electron chi connectivity index (χ2n) is 5.96. The monoisotopic (exact) mass is 363 g/mol. The molecule has 2 heterocycles. The number of aliphatic hydroxyl groups is 1. The highest BCUT2D eigenvalue weighted by molar-refractivity contribution is 5.54. The third-order valence-electron chi connectivity index (χ3n) is 3.84. The highest BCUT2D eigenvalue weighted by Crippen LogP contribution is 2.33. The molecule has 1 aromatic heterocycles. The molecule has 0 amide bonds. The van der Waals surface area contributed by atoms with E-state index in [2.05, 4.69) is 15.6 Å². The molecule has 0 aliphatic carbocycles. The first-order valence-corrected chi connectivity index (χ1v) is 8.33. The quantitative estimate of drug-likeness (QED) is 0.464. The van der Waals surface area contributed by atoms with E-state index in [0.29, 0.717) is 35.4 Å². The summed E-state index contributed by atoms with van der Waals surface area (Å²) in [5, 5.41) is 15.7. The van der Waals surface area contributed by atoms with Crippen molar-refractivity contribution in [1.29, 1.82) is 0 Å². The van der Waals surface area contributed by atoms with Crippen molar-refractivity contribution in [2.45, 2.75) is 19.3 Å². The third-order valence-corrected chi connectivity index (χ3v) is 3.84. The van der Waals surface area contributed by atoms with E-state index >= 15 is 0 Å². The number of aliphatic hydroxyl groups excluding tert-OH is 1. The summed E-state index contributed by atoms with van der Waals surface area (Å²) in [5.41, 5.74) is 0.964. The van der Waals surface area contributed by atoms with Gasteiger partial charge < -0.3 is 30.0 Å². The standard InChI is InChI=1S/C18H22FN3O4/c1-11-6-13(19)14(20-2)7-16(11)26-15-4-3-5-21-18(15)25-10-17(23)24-9-12-8-22-12/h3-7,12,17,20,22-23H,8-10H2,1-2H3. The van der Waals surface area contributed by atoms with Gasteiger partial charge in [-0.3, -0.25) is 0 Å². The summed E-state index contributed by atoms with van der Waals surface area (Å²) in [6.45, 7) is 3.00. The van der Waals surface area contributed by atoms with Gasteiger partial charge in [0.15, 0.2) is 12.0 Å². The minimum atomic E-state index is -1.06. The second-order valence-corrected chi connectivity index (χ2v) is 5.96. The summed E-state index contributed by atoms with van der Waals surface area (Å²) in [6, 6.07) is 6.65. The highest BCUT2D eigenvalue weighted by Gasteiger charge is 2.22. The Bertz CT molecular complexity index is 755. The molecule has 2 aromatic rings. The van der Waals surface area contributed by atoms with Crippen molar-refractivity contribution < 1.29 is 23.7 Å². The summed E-state index contributed by atoms with van der Waals surface area (Å²) in [4.78, 5) is 4.13. The van der Waals surface area contributed by atoms with Gasteiger partial charge in [-0.15, -0.1) is 0 Å². The molecule has 0 saturated carbocycles. The van der Waals surface area contributed by atoms with Crippen LogP contribution in [0.3, 0.4) is 0 Å². The molecule has 1 aliphatic heterocycles. The summed E-state index contributed by atoms with van der Waals surface area (Å²) in [6.07, 6.45) is 0.496. The fraction of sp³-hybridized carbons (Fsp3) is 0.389. The van der Waals surface area contributed by atoms with Gasteiger partial charge in [0.2, 0.25) is 0 Å². The zero-order valence-corrected chi connectivity index (χ0v) is 14.7. The Morgan fingerprint density at radius 3 is 2.96 bits per heavy atom. The first-order chi connectivity index (χ1) is 12.6. The van der Waals surface area contributed by atoms with E-state index in [1.54, 1.807) is 38.4 Å². The molecule has 0 radical (unpaired) electrons. The van der Waals surface area contributed by atoms with Gasteiger partial charge in [0, 0.05) is 31.9 Å². The summed E-state index contributed by atoms with van der Waals surface area (Å²) < 4.78 is 30.4. The lowest BCUT2D eigenvalue weighted by Gasteiger charge is -2.16. The minimum Gasteiger partial charge on any atom is -0.470 e. The molecule has 2 atom stereocenters. The lowest BCUT2D eigenvalue weighted by atomic mass is 10.2. The molecule has 1 fully saturated rings. The van der Waals surface area contributed by atoms with Crippen LogP contribution in [0.4, 0.5) is 10.1 Å². The van der Waals surface area contributed by atoms with Crippen LogP contribution in [0.1, 0.15) is 5.56 Å². The van der Waals surface area contributed by atoms with Gasteiger partial charge in [-0.2, -0.15) is 0 Å². The van der Waals surface area contributed by atoms with Gasteiger partial charge in [0.25, 0.3) is 5.88 Å². The molecule has 140 valence electrons. The molecular weight excluding hydrogens is 341 g/mol. The molecule has 3 N–H and O–H groups in total. The maximum absolute atomic E-state index is 13.8. The maximum Gasteiger partial charge on any atom is 0.257 e. The summed E-state index contributed by atoms with van der Waals surface area (Å²) in [7, 11) is 1.63. The largest absolute Gasteiger partial charge is 0.470 e. The van der Waals surface area contributed by atoms with Gasteiger partial charge in [-0.25, -0.2) is 9.37 Å². The number of halogens is 1. The number of hydrogen-bond acceptors (Lipinski definition) is 7. The molecule has 1 aromatic carbocycles. The molecule has 7 nitrogen and oxygen atoms in total. The van der Waals surface area contributed by atoms with Gasteiger partial charge >= 0.3 is 0 Å². The average Bonchev–Trinajstić information content (AvgIpc) is 3.46. The Balaban J connectivity index is 1.66. The third kappa shape index (κ3) is 4.81. The number of nitrogens with one attached hydrogen (secondary N) is 2. The predicted octanol–water partition coefficient (Wildman–Crippen LogP) is 2.05. The number of pyridine rings is 1. The smallest absolute Gasteiger partial charge is 0.257 e. The van der Waals surface area contributed by atoms with E-state index < -0.39 is 6.29 Å². The molecule has 1 aliphatic rings. The topological polar surface area (TPSA) is 94.8 Å². The molecule has 8 heteroatoms. The van der Waals surface area contributed by atoms with Crippen LogP contribution < -0.4 is 20.1 Å². The number of anilines is 1. The Morgan fingerprint density at radius 2 is 2.23 bits per heavy atom. The Kier molecular flexibility index (Phi) is 5.87. The van der Waals surface area contributed by atoms with E-state index in [1.807, 2.05) is 0 Å². The molecular formula is C18H22FN3O4. The van der Waals surface area contributed by atoms with E-state index in [1.165, 1.54) is 6.07 Å². The number of ether oxygens (including phenoxy) is 3. The van der Waals surface area contributed by atoms with Crippen molar-refractivity contribution in [2.75, 3.05) is 32.1 Å². The van der Waals surface area contributed by atoms with Gasteiger partial charge in [0.1, 0.15) is 18.2 Å². The minimum absolute atomic E-state index is 0.0791. The van der Waals surface area contributed by atoms with Gasteiger partial charge in [-0.05, 0) is 30.7 Å². The lowest BCUT2D eigenvalue weighted by Crippen LogP contribution is -2.24. The van der Waals surface area contributed by atoms with Crippen LogP contribution in [-0.2, 0) is 4.74 Å². The zero-order valence-electron chi connectivity index (χ0n) is 14.7. The summed E-state index contributed by atoms with van der Waals surface area (Å²) >= 11 is 0. The molecule has 2 unspecified atom stereocenters. The van der Waals surface area contributed by atoms with Crippen molar-refractivity contribution in [1.82, 2.24) is 10.3 Å². The molecule has 0 bridgehead atoms. The van der Waals surface area contributed by atoms with Crippen LogP contribution in [-0.4, -0.2) is 49.2 Å². The fourth-order valence-corrected chi connectivity index (χ4v) is 2.26.